The molecule has 0 amide bonds. The molecule has 1 fully saturated rings. The van der Waals surface area contributed by atoms with Crippen LogP contribution in [0.3, 0.4) is 0 Å². The summed E-state index contributed by atoms with van der Waals surface area (Å²) in [7, 11) is 3.11. The standard InChI is InChI=1S/C45H48N2O7/c1-9-36(48)34-19-46-23(4)14-26(34)25(6)27-16-32(44(51)42-28(27)10-21(2)12-39(42)53-7)33-17-31(29-11-22(3)13-40(54-8)43(29)45(33)52)41-30-15-24(5)47-20-35(30)37(49)18-38(41)50/h9-13,16-18,23-24,46-52H,1,14-15,19-20H2,2-8H3/b26-25+,36-34+. The molecule has 9 heteroatoms. The van der Waals surface area contributed by atoms with Crippen molar-refractivity contribution in [2.75, 3.05) is 20.8 Å². The van der Waals surface area contributed by atoms with Gasteiger partial charge in [-0.2, -0.15) is 0 Å². The maximum Gasteiger partial charge on any atom is 0.135 e. The normalized spacial score (nSPS) is 19.1. The molecular weight excluding hydrogens is 681 g/mol. The third-order valence-electron chi connectivity index (χ3n) is 11.1. The summed E-state index contributed by atoms with van der Waals surface area (Å²) in [5, 5.41) is 67.5. The van der Waals surface area contributed by atoms with E-state index >= 15 is 0 Å². The quantitative estimate of drug-likeness (QED) is 0.0853. The van der Waals surface area contributed by atoms with Gasteiger partial charge in [0.1, 0.15) is 40.3 Å². The molecule has 0 saturated carbocycles. The minimum Gasteiger partial charge on any atom is -0.508 e. The molecule has 7 N–H and O–H groups in total. The average molecular weight is 729 g/mol. The number of fused-ring (bicyclic) bond motifs is 3. The van der Waals surface area contributed by atoms with Gasteiger partial charge >= 0.3 is 0 Å². The van der Waals surface area contributed by atoms with Crippen LogP contribution >= 0.6 is 0 Å². The third kappa shape index (κ3) is 5.97. The van der Waals surface area contributed by atoms with Gasteiger partial charge < -0.3 is 45.6 Å². The van der Waals surface area contributed by atoms with E-state index < -0.39 is 0 Å². The van der Waals surface area contributed by atoms with Gasteiger partial charge in [0.05, 0.1) is 25.0 Å². The van der Waals surface area contributed by atoms with Crippen molar-refractivity contribution in [2.45, 2.75) is 66.1 Å². The molecule has 0 aliphatic carbocycles. The molecule has 280 valence electrons. The van der Waals surface area contributed by atoms with Crippen LogP contribution in [0.2, 0.25) is 0 Å². The fourth-order valence-corrected chi connectivity index (χ4v) is 8.44. The van der Waals surface area contributed by atoms with Crippen molar-refractivity contribution in [1.82, 2.24) is 10.6 Å². The summed E-state index contributed by atoms with van der Waals surface area (Å²) < 4.78 is 11.8. The number of allylic oxidation sites excluding steroid dienone is 2. The number of phenolic OH excluding ortho intramolecular Hbond substituents is 4. The van der Waals surface area contributed by atoms with Crippen LogP contribution in [-0.4, -0.2) is 58.4 Å². The summed E-state index contributed by atoms with van der Waals surface area (Å²) in [4.78, 5) is 0. The summed E-state index contributed by atoms with van der Waals surface area (Å²) in [6.07, 6.45) is 2.63. The number of ether oxygens (including phenoxy) is 2. The fraction of sp³-hybridized carbons (Fsp3) is 0.289. The fourth-order valence-electron chi connectivity index (χ4n) is 8.44. The number of nitrogens with one attached hydrogen (secondary N) is 2. The zero-order valence-corrected chi connectivity index (χ0v) is 31.9. The lowest BCUT2D eigenvalue weighted by Gasteiger charge is -2.29. The van der Waals surface area contributed by atoms with Crippen LogP contribution in [-0.2, 0) is 13.0 Å². The third-order valence-corrected chi connectivity index (χ3v) is 11.1. The summed E-state index contributed by atoms with van der Waals surface area (Å²) in [6, 6.07) is 13.0. The van der Waals surface area contributed by atoms with E-state index in [0.717, 1.165) is 44.4 Å². The largest absolute Gasteiger partial charge is 0.508 e. The Kier molecular flexibility index (Phi) is 9.50. The summed E-state index contributed by atoms with van der Waals surface area (Å²) in [5.41, 5.74) is 8.52. The van der Waals surface area contributed by atoms with Crippen molar-refractivity contribution >= 4 is 27.1 Å². The first-order valence-electron chi connectivity index (χ1n) is 18.3. The number of methoxy groups -OCH3 is 2. The molecule has 54 heavy (non-hydrogen) atoms. The smallest absolute Gasteiger partial charge is 0.135 e. The van der Waals surface area contributed by atoms with E-state index in [-0.39, 0.29) is 40.8 Å². The lowest BCUT2D eigenvalue weighted by molar-refractivity contribution is 0.415. The van der Waals surface area contributed by atoms with E-state index in [9.17, 15) is 25.5 Å². The highest BCUT2D eigenvalue weighted by atomic mass is 16.5. The zero-order valence-electron chi connectivity index (χ0n) is 31.9. The number of benzene rings is 5. The Hall–Kier alpha value is -5.64. The second-order valence-electron chi connectivity index (χ2n) is 14.8. The molecule has 2 aliphatic heterocycles. The second kappa shape index (κ2) is 14.0. The van der Waals surface area contributed by atoms with Gasteiger partial charge in [-0.3, -0.25) is 0 Å². The Morgan fingerprint density at radius 1 is 0.704 bits per heavy atom. The number of aromatic hydroxyl groups is 4. The average Bonchev–Trinajstić information content (AvgIpc) is 3.14. The second-order valence-corrected chi connectivity index (χ2v) is 14.8. The van der Waals surface area contributed by atoms with Gasteiger partial charge in [0.2, 0.25) is 0 Å². The van der Waals surface area contributed by atoms with E-state index in [1.807, 2.05) is 57.2 Å². The maximum atomic E-state index is 12.4. The molecule has 0 spiro atoms. The summed E-state index contributed by atoms with van der Waals surface area (Å²) in [5.74, 6) is 0.709. The molecule has 1 saturated heterocycles. The number of rotatable bonds is 6. The Balaban J connectivity index is 1.65. The topological polar surface area (TPSA) is 144 Å². The predicted molar refractivity (Wildman–Crippen MR) is 216 cm³/mol. The highest BCUT2D eigenvalue weighted by Gasteiger charge is 2.30. The number of aliphatic hydroxyl groups is 1. The molecule has 9 nitrogen and oxygen atoms in total. The van der Waals surface area contributed by atoms with E-state index in [2.05, 4.69) is 31.1 Å². The Morgan fingerprint density at radius 3 is 1.91 bits per heavy atom. The van der Waals surface area contributed by atoms with Gasteiger partial charge in [-0.25, -0.2) is 0 Å². The highest BCUT2D eigenvalue weighted by molar-refractivity contribution is 6.12. The SMILES string of the molecule is C=C/C(O)=C1/CNC(C)C/C1=C(/C)c1cc(-c2cc(-c3c(O)cc(O)c4c3CC(C)NC4)c3cc(C)cc(OC)c3c2O)c(O)c2c(OC)cc(C)cc12. The number of aliphatic hydroxyl groups excluding tert-OH is 1. The molecule has 7 rings (SSSR count). The molecule has 0 radical (unpaired) electrons. The van der Waals surface area contributed by atoms with Gasteiger partial charge in [0, 0.05) is 59.1 Å². The number of piperidine rings is 1. The van der Waals surface area contributed by atoms with Crippen LogP contribution in [0.5, 0.6) is 34.5 Å². The number of phenols is 4. The lowest BCUT2D eigenvalue weighted by Crippen LogP contribution is -2.35. The number of hydrogen-bond acceptors (Lipinski definition) is 9. The highest BCUT2D eigenvalue weighted by Crippen LogP contribution is 2.54. The first kappa shape index (κ1) is 36.7. The molecule has 0 bridgehead atoms. The Bertz CT molecular complexity index is 2460. The van der Waals surface area contributed by atoms with Gasteiger partial charge in [0.15, 0.2) is 0 Å². The van der Waals surface area contributed by atoms with Gasteiger partial charge in [0.25, 0.3) is 0 Å². The first-order chi connectivity index (χ1) is 25.8. The zero-order chi connectivity index (χ0) is 38.7. The Morgan fingerprint density at radius 2 is 1.28 bits per heavy atom. The van der Waals surface area contributed by atoms with Crippen LogP contribution in [0.1, 0.15) is 55.0 Å². The predicted octanol–water partition coefficient (Wildman–Crippen LogP) is 8.97. The number of hydrogen-bond donors (Lipinski definition) is 7. The molecule has 2 atom stereocenters. The molecule has 0 aromatic heterocycles. The van der Waals surface area contributed by atoms with E-state index in [1.54, 1.807) is 14.2 Å². The lowest BCUT2D eigenvalue weighted by atomic mass is 9.82. The van der Waals surface area contributed by atoms with Crippen LogP contribution < -0.4 is 20.1 Å². The van der Waals surface area contributed by atoms with Crippen molar-refractivity contribution in [3.63, 3.8) is 0 Å². The minimum absolute atomic E-state index is 0.00794. The first-order valence-corrected chi connectivity index (χ1v) is 18.3. The van der Waals surface area contributed by atoms with Gasteiger partial charge in [-0.1, -0.05) is 18.7 Å². The van der Waals surface area contributed by atoms with E-state index in [1.165, 1.54) is 12.1 Å². The molecule has 5 aromatic carbocycles. The van der Waals surface area contributed by atoms with Crippen molar-refractivity contribution in [2.24, 2.45) is 0 Å². The van der Waals surface area contributed by atoms with Crippen LogP contribution in [0, 0.1) is 13.8 Å². The van der Waals surface area contributed by atoms with Gasteiger partial charge in [-0.05, 0) is 128 Å². The van der Waals surface area contributed by atoms with Crippen molar-refractivity contribution in [1.29, 1.82) is 0 Å². The number of aryl methyl sites for hydroxylation is 2. The molecule has 5 aromatic rings. The van der Waals surface area contributed by atoms with Gasteiger partial charge in [-0.15, -0.1) is 0 Å². The van der Waals surface area contributed by atoms with Crippen molar-refractivity contribution in [3.8, 4) is 56.8 Å². The molecular formula is C45H48N2O7. The Labute approximate surface area is 315 Å². The summed E-state index contributed by atoms with van der Waals surface area (Å²) in [6.45, 7) is 14.8. The maximum absolute atomic E-state index is 12.4. The summed E-state index contributed by atoms with van der Waals surface area (Å²) >= 11 is 0. The van der Waals surface area contributed by atoms with E-state index in [4.69, 9.17) is 9.47 Å². The van der Waals surface area contributed by atoms with Crippen LogP contribution in [0.25, 0.3) is 49.4 Å². The molecule has 2 aliphatic rings. The minimum atomic E-state index is -0.106. The van der Waals surface area contributed by atoms with Crippen LogP contribution in [0.15, 0.2) is 72.0 Å². The molecule has 2 unspecified atom stereocenters. The molecule has 2 heterocycles. The van der Waals surface area contributed by atoms with Crippen molar-refractivity contribution in [3.05, 3.63) is 99.8 Å². The van der Waals surface area contributed by atoms with Crippen LogP contribution in [0.4, 0.5) is 0 Å². The van der Waals surface area contributed by atoms with Crippen molar-refractivity contribution < 1.29 is 35.0 Å². The monoisotopic (exact) mass is 728 g/mol. The van der Waals surface area contributed by atoms with E-state index in [0.29, 0.717) is 81.4 Å².